The van der Waals surface area contributed by atoms with Crippen LogP contribution in [0.4, 0.5) is 5.00 Å². The molecule has 2 amide bonds. The summed E-state index contributed by atoms with van der Waals surface area (Å²) in [4.78, 5) is 37.4. The summed E-state index contributed by atoms with van der Waals surface area (Å²) in [5.41, 5.74) is 0.746. The average Bonchev–Trinajstić information content (AvgIpc) is 3.07. The van der Waals surface area contributed by atoms with Crippen LogP contribution in [0.2, 0.25) is 5.02 Å². The number of anilines is 1. The zero-order valence-electron chi connectivity index (χ0n) is 14.2. The number of carbonyl (C=O) groups excluding carboxylic acids is 3. The molecule has 0 saturated carbocycles. The monoisotopic (exact) mass is 538 g/mol. The Bertz CT molecular complexity index is 842. The number of nitrogens with one attached hydrogen (secondary N) is 2. The van der Waals surface area contributed by atoms with Gasteiger partial charge >= 0.3 is 0 Å². The number of alkyl halides is 2. The molecule has 5 nitrogen and oxygen atoms in total. The summed E-state index contributed by atoms with van der Waals surface area (Å²) in [5.74, 6) is -0.218. The molecule has 0 aliphatic carbocycles. The van der Waals surface area contributed by atoms with Gasteiger partial charge in [0.2, 0.25) is 11.8 Å². The molecular weight excluding hydrogens is 522 g/mol. The Morgan fingerprint density at radius 1 is 1.11 bits per heavy atom. The largest absolute Gasteiger partial charge is 0.355 e. The smallest absolute Gasteiger partial charge is 0.234 e. The highest BCUT2D eigenvalue weighted by atomic mass is 127. The van der Waals surface area contributed by atoms with Crippen LogP contribution in [-0.2, 0) is 16.0 Å². The average molecular weight is 539 g/mol. The van der Waals surface area contributed by atoms with Gasteiger partial charge in [0.15, 0.2) is 5.78 Å². The first-order valence-electron chi connectivity index (χ1n) is 8.06. The highest BCUT2D eigenvalue weighted by Gasteiger charge is 2.21. The van der Waals surface area contributed by atoms with Gasteiger partial charge in [0.05, 0.1) is 15.0 Å². The van der Waals surface area contributed by atoms with Crippen LogP contribution in [0.25, 0.3) is 0 Å². The third kappa shape index (κ3) is 6.44. The summed E-state index contributed by atoms with van der Waals surface area (Å²) in [5, 5.41) is 6.28. The summed E-state index contributed by atoms with van der Waals surface area (Å²) < 4.78 is 0.269. The Balaban J connectivity index is 2.24. The topological polar surface area (TPSA) is 75.3 Å². The first-order chi connectivity index (χ1) is 13.0. The molecule has 0 fully saturated rings. The van der Waals surface area contributed by atoms with Crippen molar-refractivity contribution >= 4 is 79.7 Å². The number of benzene rings is 1. The number of carbonyl (C=O) groups is 3. The van der Waals surface area contributed by atoms with Crippen molar-refractivity contribution in [3.8, 4) is 0 Å². The summed E-state index contributed by atoms with van der Waals surface area (Å²) >= 11 is 14.9. The predicted octanol–water partition coefficient (Wildman–Crippen LogP) is 4.29. The Hall–Kier alpha value is -1.16. The fourth-order valence-electron chi connectivity index (χ4n) is 2.29. The number of hydrogen-bond acceptors (Lipinski definition) is 4. The van der Waals surface area contributed by atoms with Crippen LogP contribution in [0.3, 0.4) is 0 Å². The molecule has 0 aliphatic rings. The van der Waals surface area contributed by atoms with Gasteiger partial charge in [0.1, 0.15) is 5.00 Å². The van der Waals surface area contributed by atoms with Gasteiger partial charge in [0, 0.05) is 29.3 Å². The molecule has 0 unspecified atom stereocenters. The van der Waals surface area contributed by atoms with Crippen molar-refractivity contribution in [2.75, 3.05) is 22.2 Å². The number of hydrogen-bond donors (Lipinski definition) is 2. The van der Waals surface area contributed by atoms with Crippen molar-refractivity contribution in [1.29, 1.82) is 0 Å². The van der Waals surface area contributed by atoms with Gasteiger partial charge in [-0.2, -0.15) is 0 Å². The third-order valence-electron chi connectivity index (χ3n) is 3.54. The highest BCUT2D eigenvalue weighted by Crippen LogP contribution is 2.32. The van der Waals surface area contributed by atoms with E-state index in [9.17, 15) is 14.4 Å². The second kappa shape index (κ2) is 11.0. The zero-order valence-corrected chi connectivity index (χ0v) is 18.7. The van der Waals surface area contributed by atoms with Crippen LogP contribution >= 0.6 is 57.1 Å². The quantitative estimate of drug-likeness (QED) is 0.284. The van der Waals surface area contributed by atoms with Crippen LogP contribution in [0.1, 0.15) is 27.2 Å². The molecule has 2 rings (SSSR count). The molecule has 144 valence electrons. The second-order valence-corrected chi connectivity index (χ2v) is 8.17. The minimum absolute atomic E-state index is 0.110. The number of rotatable bonds is 9. The molecule has 0 atom stereocenters. The lowest BCUT2D eigenvalue weighted by Gasteiger charge is -2.05. The maximum Gasteiger partial charge on any atom is 0.234 e. The molecule has 0 saturated heterocycles. The van der Waals surface area contributed by atoms with Crippen molar-refractivity contribution in [2.24, 2.45) is 0 Å². The lowest BCUT2D eigenvalue weighted by atomic mass is 10.0. The molecule has 27 heavy (non-hydrogen) atoms. The van der Waals surface area contributed by atoms with E-state index >= 15 is 0 Å². The molecule has 1 heterocycles. The lowest BCUT2D eigenvalue weighted by molar-refractivity contribution is -0.121. The summed E-state index contributed by atoms with van der Waals surface area (Å²) in [7, 11) is 0. The van der Waals surface area contributed by atoms with Gasteiger partial charge in [-0.25, -0.2) is 0 Å². The van der Waals surface area contributed by atoms with Gasteiger partial charge in [-0.3, -0.25) is 14.4 Å². The first kappa shape index (κ1) is 22.1. The number of aryl methyl sites for hydroxylation is 1. The molecule has 2 N–H and O–H groups in total. The van der Waals surface area contributed by atoms with Gasteiger partial charge in [-0.05, 0) is 24.6 Å². The molecule has 1 aromatic heterocycles. The molecule has 0 aliphatic heterocycles. The molecule has 1 aromatic carbocycles. The zero-order chi connectivity index (χ0) is 19.8. The summed E-state index contributed by atoms with van der Waals surface area (Å²) in [6.07, 6.45) is 0.735. The minimum Gasteiger partial charge on any atom is -0.355 e. The maximum atomic E-state index is 12.9. The number of ketones is 1. The van der Waals surface area contributed by atoms with E-state index in [1.807, 2.05) is 22.6 Å². The predicted molar refractivity (Wildman–Crippen MR) is 119 cm³/mol. The van der Waals surface area contributed by atoms with Crippen molar-refractivity contribution < 1.29 is 14.4 Å². The van der Waals surface area contributed by atoms with E-state index in [1.165, 1.54) is 11.3 Å². The fourth-order valence-corrected chi connectivity index (χ4v) is 3.87. The van der Waals surface area contributed by atoms with Crippen LogP contribution in [0.15, 0.2) is 30.3 Å². The van der Waals surface area contributed by atoms with Crippen molar-refractivity contribution in [2.45, 2.75) is 12.8 Å². The Morgan fingerprint density at radius 3 is 2.52 bits per heavy atom. The lowest BCUT2D eigenvalue weighted by Crippen LogP contribution is -2.25. The molecule has 0 spiro atoms. The first-order valence-corrected chi connectivity index (χ1v) is 11.3. The van der Waals surface area contributed by atoms with E-state index in [4.69, 9.17) is 23.2 Å². The van der Waals surface area contributed by atoms with Crippen molar-refractivity contribution in [3.63, 3.8) is 0 Å². The van der Waals surface area contributed by atoms with Gasteiger partial charge in [-0.1, -0.05) is 46.3 Å². The van der Waals surface area contributed by atoms with E-state index in [0.717, 1.165) is 4.88 Å². The van der Waals surface area contributed by atoms with Crippen LogP contribution in [0, 0.1) is 0 Å². The number of halogens is 3. The fraction of sp³-hybridized carbons (Fsp3) is 0.278. The Labute approximate surface area is 185 Å². The molecule has 2 aromatic rings. The van der Waals surface area contributed by atoms with E-state index in [-0.39, 0.29) is 28.4 Å². The third-order valence-corrected chi connectivity index (χ3v) is 5.86. The normalized spacial score (nSPS) is 10.5. The van der Waals surface area contributed by atoms with E-state index < -0.39 is 0 Å². The van der Waals surface area contributed by atoms with Gasteiger partial charge < -0.3 is 10.6 Å². The van der Waals surface area contributed by atoms with Gasteiger partial charge in [-0.15, -0.1) is 22.9 Å². The van der Waals surface area contributed by atoms with E-state index in [2.05, 4.69) is 10.6 Å². The SMILES string of the molecule is O=C(CCc1cc(C(=O)c2ccccc2Cl)c(NC(=O)CI)s1)NCCCl. The van der Waals surface area contributed by atoms with Crippen molar-refractivity contribution in [3.05, 3.63) is 51.4 Å². The molecule has 9 heteroatoms. The van der Waals surface area contributed by atoms with Crippen LogP contribution in [0.5, 0.6) is 0 Å². The Kier molecular flexibility index (Phi) is 9.01. The standard InChI is InChI=1S/C18H17Cl2IN2O3S/c19-7-8-22-15(24)6-5-11-9-13(18(27-11)23-16(25)10-21)17(26)12-3-1-2-4-14(12)20/h1-4,9H,5-8,10H2,(H,22,24)(H,23,25). The van der Waals surface area contributed by atoms with Crippen LogP contribution in [-0.4, -0.2) is 34.4 Å². The summed E-state index contributed by atoms with van der Waals surface area (Å²) in [6.45, 7) is 0.415. The molecule has 0 radical (unpaired) electrons. The van der Waals surface area contributed by atoms with E-state index in [1.54, 1.807) is 30.3 Å². The molecule has 0 bridgehead atoms. The number of thiophene rings is 1. The van der Waals surface area contributed by atoms with Crippen molar-refractivity contribution in [1.82, 2.24) is 5.32 Å². The summed E-state index contributed by atoms with van der Waals surface area (Å²) in [6, 6.07) is 8.49. The maximum absolute atomic E-state index is 12.9. The van der Waals surface area contributed by atoms with Gasteiger partial charge in [0.25, 0.3) is 0 Å². The minimum atomic E-state index is -0.265. The van der Waals surface area contributed by atoms with E-state index in [0.29, 0.717) is 40.0 Å². The van der Waals surface area contributed by atoms with Crippen LogP contribution < -0.4 is 10.6 Å². The Morgan fingerprint density at radius 2 is 1.85 bits per heavy atom. The number of amides is 2. The second-order valence-electron chi connectivity index (χ2n) is 5.49. The molecular formula is C18H17Cl2IN2O3S. The highest BCUT2D eigenvalue weighted by molar-refractivity contribution is 14.1.